The standard InChI is InChI=1S/C15H22N4O2/c1-17-15(21)11-5-7-19(8-6-11)10-14(20)18-13-4-2-3-12(16)9-13/h2-4,9,11H,5-8,10,16H2,1H3,(H,17,21)(H,18,20). The highest BCUT2D eigenvalue weighted by Crippen LogP contribution is 2.17. The van der Waals surface area contributed by atoms with Gasteiger partial charge in [0.05, 0.1) is 6.54 Å². The van der Waals surface area contributed by atoms with E-state index in [1.165, 1.54) is 0 Å². The number of nitrogen functional groups attached to an aromatic ring is 1. The van der Waals surface area contributed by atoms with E-state index in [-0.39, 0.29) is 17.7 Å². The summed E-state index contributed by atoms with van der Waals surface area (Å²) in [6, 6.07) is 7.13. The van der Waals surface area contributed by atoms with Crippen molar-refractivity contribution in [2.24, 2.45) is 5.92 Å². The highest BCUT2D eigenvalue weighted by Gasteiger charge is 2.25. The van der Waals surface area contributed by atoms with E-state index in [1.54, 1.807) is 25.2 Å². The van der Waals surface area contributed by atoms with Crippen molar-refractivity contribution in [1.82, 2.24) is 10.2 Å². The van der Waals surface area contributed by atoms with E-state index in [4.69, 9.17) is 5.73 Å². The molecule has 1 aliphatic rings. The lowest BCUT2D eigenvalue weighted by molar-refractivity contribution is -0.126. The maximum atomic E-state index is 12.0. The molecule has 2 amide bonds. The van der Waals surface area contributed by atoms with Crippen LogP contribution in [0.25, 0.3) is 0 Å². The Hall–Kier alpha value is -2.08. The summed E-state index contributed by atoms with van der Waals surface area (Å²) in [7, 11) is 1.66. The second kappa shape index (κ2) is 7.08. The Balaban J connectivity index is 1.78. The number of nitrogens with two attached hydrogens (primary N) is 1. The van der Waals surface area contributed by atoms with E-state index >= 15 is 0 Å². The van der Waals surface area contributed by atoms with Gasteiger partial charge in [0.25, 0.3) is 0 Å². The Morgan fingerprint density at radius 2 is 2.05 bits per heavy atom. The van der Waals surface area contributed by atoms with Gasteiger partial charge in [-0.25, -0.2) is 0 Å². The average molecular weight is 290 g/mol. The summed E-state index contributed by atoms with van der Waals surface area (Å²) in [6.45, 7) is 1.88. The summed E-state index contributed by atoms with van der Waals surface area (Å²) in [6.07, 6.45) is 1.59. The van der Waals surface area contributed by atoms with E-state index in [2.05, 4.69) is 15.5 Å². The largest absolute Gasteiger partial charge is 0.399 e. The summed E-state index contributed by atoms with van der Waals surface area (Å²) >= 11 is 0. The van der Waals surface area contributed by atoms with Crippen molar-refractivity contribution >= 4 is 23.2 Å². The lowest BCUT2D eigenvalue weighted by Gasteiger charge is -2.30. The minimum absolute atomic E-state index is 0.0565. The maximum absolute atomic E-state index is 12.0. The number of hydrogen-bond acceptors (Lipinski definition) is 4. The number of piperidine rings is 1. The van der Waals surface area contributed by atoms with Gasteiger partial charge < -0.3 is 16.4 Å². The van der Waals surface area contributed by atoms with Crippen molar-refractivity contribution in [3.63, 3.8) is 0 Å². The number of carbonyl (C=O) groups excluding carboxylic acids is 2. The molecule has 0 unspecified atom stereocenters. The lowest BCUT2D eigenvalue weighted by Crippen LogP contribution is -2.42. The molecule has 1 aliphatic heterocycles. The van der Waals surface area contributed by atoms with Crippen LogP contribution in [0.15, 0.2) is 24.3 Å². The van der Waals surface area contributed by atoms with Gasteiger partial charge in [-0.1, -0.05) is 6.07 Å². The molecule has 1 heterocycles. The van der Waals surface area contributed by atoms with Crippen molar-refractivity contribution < 1.29 is 9.59 Å². The number of amides is 2. The normalized spacial score (nSPS) is 16.4. The first kappa shape index (κ1) is 15.3. The van der Waals surface area contributed by atoms with E-state index in [9.17, 15) is 9.59 Å². The minimum Gasteiger partial charge on any atom is -0.399 e. The highest BCUT2D eigenvalue weighted by molar-refractivity contribution is 5.92. The molecule has 0 atom stereocenters. The molecule has 0 aliphatic carbocycles. The summed E-state index contributed by atoms with van der Waals surface area (Å²) < 4.78 is 0. The van der Waals surface area contributed by atoms with Crippen molar-refractivity contribution in [1.29, 1.82) is 0 Å². The molecule has 0 radical (unpaired) electrons. The third-order valence-electron chi connectivity index (χ3n) is 3.74. The Morgan fingerprint density at radius 3 is 2.67 bits per heavy atom. The smallest absolute Gasteiger partial charge is 0.238 e. The van der Waals surface area contributed by atoms with Crippen LogP contribution in [-0.4, -0.2) is 43.4 Å². The molecule has 21 heavy (non-hydrogen) atoms. The van der Waals surface area contributed by atoms with Crippen molar-refractivity contribution in [2.45, 2.75) is 12.8 Å². The molecular formula is C15H22N4O2. The van der Waals surface area contributed by atoms with Gasteiger partial charge in [0.1, 0.15) is 0 Å². The molecule has 114 valence electrons. The first-order valence-electron chi connectivity index (χ1n) is 7.18. The van der Waals surface area contributed by atoms with Crippen LogP contribution in [0.5, 0.6) is 0 Å². The third kappa shape index (κ3) is 4.46. The van der Waals surface area contributed by atoms with E-state index < -0.39 is 0 Å². The van der Waals surface area contributed by atoms with E-state index in [0.29, 0.717) is 17.9 Å². The summed E-state index contributed by atoms with van der Waals surface area (Å²) in [5.74, 6) is 0.112. The van der Waals surface area contributed by atoms with Crippen LogP contribution in [0.4, 0.5) is 11.4 Å². The molecular weight excluding hydrogens is 268 g/mol. The van der Waals surface area contributed by atoms with Crippen LogP contribution < -0.4 is 16.4 Å². The summed E-state index contributed by atoms with van der Waals surface area (Å²) in [5.41, 5.74) is 7.01. The number of nitrogens with zero attached hydrogens (tertiary/aromatic N) is 1. The van der Waals surface area contributed by atoms with Crippen molar-refractivity contribution in [2.75, 3.05) is 37.7 Å². The molecule has 0 saturated carbocycles. The van der Waals surface area contributed by atoms with Gasteiger partial charge in [-0.2, -0.15) is 0 Å². The monoisotopic (exact) mass is 290 g/mol. The summed E-state index contributed by atoms with van der Waals surface area (Å²) in [5, 5.41) is 5.51. The van der Waals surface area contributed by atoms with Gasteiger partial charge in [-0.15, -0.1) is 0 Å². The maximum Gasteiger partial charge on any atom is 0.238 e. The fourth-order valence-electron chi connectivity index (χ4n) is 2.58. The molecule has 2 rings (SSSR count). The molecule has 1 aromatic carbocycles. The van der Waals surface area contributed by atoms with Crippen LogP contribution in [0.2, 0.25) is 0 Å². The molecule has 0 bridgehead atoms. The van der Waals surface area contributed by atoms with Gasteiger partial charge in [0.2, 0.25) is 11.8 Å². The zero-order valence-electron chi connectivity index (χ0n) is 12.3. The van der Waals surface area contributed by atoms with Gasteiger partial charge in [-0.3, -0.25) is 14.5 Å². The number of hydrogen-bond donors (Lipinski definition) is 3. The molecule has 6 heteroatoms. The zero-order valence-corrected chi connectivity index (χ0v) is 12.3. The average Bonchev–Trinajstić information content (AvgIpc) is 2.47. The number of benzene rings is 1. The van der Waals surface area contributed by atoms with Crippen molar-refractivity contribution in [3.05, 3.63) is 24.3 Å². The Labute approximate surface area is 124 Å². The Kier molecular flexibility index (Phi) is 5.16. The van der Waals surface area contributed by atoms with Crippen LogP contribution in [0.3, 0.4) is 0 Å². The van der Waals surface area contributed by atoms with E-state index in [0.717, 1.165) is 25.9 Å². The molecule has 1 aromatic rings. The first-order chi connectivity index (χ1) is 10.1. The van der Waals surface area contributed by atoms with Crippen LogP contribution in [0, 0.1) is 5.92 Å². The van der Waals surface area contributed by atoms with Crippen LogP contribution >= 0.6 is 0 Å². The molecule has 0 aromatic heterocycles. The number of likely N-dealkylation sites (tertiary alicyclic amines) is 1. The fraction of sp³-hybridized carbons (Fsp3) is 0.467. The van der Waals surface area contributed by atoms with Crippen LogP contribution in [0.1, 0.15) is 12.8 Å². The number of anilines is 2. The van der Waals surface area contributed by atoms with Crippen LogP contribution in [-0.2, 0) is 9.59 Å². The first-order valence-corrected chi connectivity index (χ1v) is 7.18. The van der Waals surface area contributed by atoms with Crippen molar-refractivity contribution in [3.8, 4) is 0 Å². The van der Waals surface area contributed by atoms with Gasteiger partial charge >= 0.3 is 0 Å². The SMILES string of the molecule is CNC(=O)C1CCN(CC(=O)Nc2cccc(N)c2)CC1. The fourth-order valence-corrected chi connectivity index (χ4v) is 2.58. The molecule has 4 N–H and O–H groups in total. The quantitative estimate of drug-likeness (QED) is 0.711. The second-order valence-corrected chi connectivity index (χ2v) is 5.34. The lowest BCUT2D eigenvalue weighted by atomic mass is 9.96. The molecule has 1 fully saturated rings. The molecule has 0 spiro atoms. The predicted molar refractivity (Wildman–Crippen MR) is 82.7 cm³/mol. The summed E-state index contributed by atoms with van der Waals surface area (Å²) in [4.78, 5) is 25.6. The van der Waals surface area contributed by atoms with E-state index in [1.807, 2.05) is 6.07 Å². The predicted octanol–water partition coefficient (Wildman–Crippen LogP) is 0.665. The topological polar surface area (TPSA) is 87.5 Å². The zero-order chi connectivity index (χ0) is 15.2. The minimum atomic E-state index is -0.0565. The van der Waals surface area contributed by atoms with Gasteiger partial charge in [0.15, 0.2) is 0 Å². The second-order valence-electron chi connectivity index (χ2n) is 5.34. The highest BCUT2D eigenvalue weighted by atomic mass is 16.2. The Morgan fingerprint density at radius 1 is 1.33 bits per heavy atom. The number of carbonyl (C=O) groups is 2. The van der Waals surface area contributed by atoms with Gasteiger partial charge in [0, 0.05) is 24.3 Å². The Bertz CT molecular complexity index is 510. The molecule has 6 nitrogen and oxygen atoms in total. The number of rotatable bonds is 4. The van der Waals surface area contributed by atoms with Gasteiger partial charge in [-0.05, 0) is 44.1 Å². The molecule has 1 saturated heterocycles. The number of nitrogens with one attached hydrogen (secondary N) is 2. The third-order valence-corrected chi connectivity index (χ3v) is 3.74.